The number of aryl methyl sites for hydroxylation is 1. The minimum absolute atomic E-state index is 0.175. The van der Waals surface area contributed by atoms with E-state index in [-0.39, 0.29) is 5.39 Å². The van der Waals surface area contributed by atoms with Crippen LogP contribution in [0.1, 0.15) is 18.1 Å². The topological polar surface area (TPSA) is 12.9 Å². The zero-order valence-corrected chi connectivity index (χ0v) is 8.67. The Morgan fingerprint density at radius 1 is 1.19 bits per heavy atom. The lowest BCUT2D eigenvalue weighted by atomic mass is 10.0. The molecule has 0 spiro atoms. The van der Waals surface area contributed by atoms with Gasteiger partial charge in [0.25, 0.3) is 0 Å². The van der Waals surface area contributed by atoms with Crippen LogP contribution in [0.2, 0.25) is 0 Å². The van der Waals surface area contributed by atoms with Crippen LogP contribution in [0.5, 0.6) is 0 Å². The molecule has 0 atom stereocenters. The van der Waals surface area contributed by atoms with Crippen LogP contribution in [-0.2, 0) is 12.6 Å². The fourth-order valence-corrected chi connectivity index (χ4v) is 1.76. The SMILES string of the molecule is CCc1ccc(C(F)(F)F)c2cccnc12. The molecule has 0 bridgehead atoms. The number of halogens is 3. The molecular formula is C12H10F3N. The highest BCUT2D eigenvalue weighted by molar-refractivity contribution is 5.85. The normalized spacial score (nSPS) is 12.0. The second kappa shape index (κ2) is 3.77. The van der Waals surface area contributed by atoms with Gasteiger partial charge in [0.2, 0.25) is 0 Å². The van der Waals surface area contributed by atoms with E-state index in [9.17, 15) is 13.2 Å². The van der Waals surface area contributed by atoms with Crippen molar-refractivity contribution in [2.24, 2.45) is 0 Å². The summed E-state index contributed by atoms with van der Waals surface area (Å²) in [6.07, 6.45) is -2.14. The van der Waals surface area contributed by atoms with Crippen molar-refractivity contribution in [2.75, 3.05) is 0 Å². The van der Waals surface area contributed by atoms with E-state index in [1.807, 2.05) is 6.92 Å². The van der Waals surface area contributed by atoms with Crippen molar-refractivity contribution >= 4 is 10.9 Å². The van der Waals surface area contributed by atoms with Crippen LogP contribution in [0.15, 0.2) is 30.5 Å². The van der Waals surface area contributed by atoms with E-state index in [0.29, 0.717) is 11.9 Å². The average molecular weight is 225 g/mol. The molecule has 2 rings (SSSR count). The van der Waals surface area contributed by atoms with Gasteiger partial charge in [-0.25, -0.2) is 0 Å². The molecule has 1 heterocycles. The van der Waals surface area contributed by atoms with E-state index < -0.39 is 11.7 Å². The maximum Gasteiger partial charge on any atom is 0.417 e. The Bertz CT molecular complexity index is 517. The maximum absolute atomic E-state index is 12.7. The summed E-state index contributed by atoms with van der Waals surface area (Å²) in [6, 6.07) is 5.61. The summed E-state index contributed by atoms with van der Waals surface area (Å²) in [5.74, 6) is 0. The molecule has 4 heteroatoms. The van der Waals surface area contributed by atoms with Crippen LogP contribution in [0, 0.1) is 0 Å². The molecule has 16 heavy (non-hydrogen) atoms. The third kappa shape index (κ3) is 1.75. The fourth-order valence-electron chi connectivity index (χ4n) is 1.76. The number of rotatable bonds is 1. The van der Waals surface area contributed by atoms with E-state index in [2.05, 4.69) is 4.98 Å². The van der Waals surface area contributed by atoms with Crippen LogP contribution >= 0.6 is 0 Å². The van der Waals surface area contributed by atoms with Crippen molar-refractivity contribution in [3.05, 3.63) is 41.6 Å². The Hall–Kier alpha value is -1.58. The highest BCUT2D eigenvalue weighted by atomic mass is 19.4. The lowest BCUT2D eigenvalue weighted by Gasteiger charge is -2.11. The van der Waals surface area contributed by atoms with Crippen LogP contribution in [-0.4, -0.2) is 4.98 Å². The van der Waals surface area contributed by atoms with Gasteiger partial charge in [0, 0.05) is 11.6 Å². The second-order valence-electron chi connectivity index (χ2n) is 3.52. The Labute approximate surface area is 90.9 Å². The first-order valence-electron chi connectivity index (χ1n) is 4.98. The van der Waals surface area contributed by atoms with Crippen LogP contribution in [0.4, 0.5) is 13.2 Å². The molecule has 84 valence electrons. The van der Waals surface area contributed by atoms with Crippen molar-refractivity contribution in [1.82, 2.24) is 4.98 Å². The number of pyridine rings is 1. The summed E-state index contributed by atoms with van der Waals surface area (Å²) in [6.45, 7) is 1.90. The molecule has 0 radical (unpaired) electrons. The predicted octanol–water partition coefficient (Wildman–Crippen LogP) is 3.82. The van der Waals surface area contributed by atoms with Crippen molar-refractivity contribution in [3.63, 3.8) is 0 Å². The summed E-state index contributed by atoms with van der Waals surface area (Å²) in [5, 5.41) is 0.175. The monoisotopic (exact) mass is 225 g/mol. The van der Waals surface area contributed by atoms with E-state index >= 15 is 0 Å². The molecule has 0 amide bonds. The summed E-state index contributed by atoms with van der Waals surface area (Å²) in [7, 11) is 0. The predicted molar refractivity (Wildman–Crippen MR) is 56.1 cm³/mol. The van der Waals surface area contributed by atoms with Gasteiger partial charge < -0.3 is 0 Å². The lowest BCUT2D eigenvalue weighted by molar-refractivity contribution is -0.136. The van der Waals surface area contributed by atoms with E-state index in [1.165, 1.54) is 24.4 Å². The van der Waals surface area contributed by atoms with Gasteiger partial charge in [0.05, 0.1) is 11.1 Å². The van der Waals surface area contributed by atoms with Crippen LogP contribution in [0.3, 0.4) is 0 Å². The molecule has 0 unspecified atom stereocenters. The number of aromatic nitrogens is 1. The molecule has 2 aromatic rings. The first-order valence-corrected chi connectivity index (χ1v) is 4.98. The van der Waals surface area contributed by atoms with Gasteiger partial charge in [-0.2, -0.15) is 13.2 Å². The Morgan fingerprint density at radius 2 is 1.94 bits per heavy atom. The van der Waals surface area contributed by atoms with Crippen LogP contribution < -0.4 is 0 Å². The largest absolute Gasteiger partial charge is 0.417 e. The Kier molecular flexibility index (Phi) is 2.58. The molecule has 0 fully saturated rings. The zero-order valence-electron chi connectivity index (χ0n) is 8.67. The fraction of sp³-hybridized carbons (Fsp3) is 0.250. The smallest absolute Gasteiger partial charge is 0.256 e. The summed E-state index contributed by atoms with van der Waals surface area (Å²) < 4.78 is 38.2. The average Bonchev–Trinajstić information content (AvgIpc) is 2.26. The number of benzene rings is 1. The summed E-state index contributed by atoms with van der Waals surface area (Å²) in [4.78, 5) is 4.03. The van der Waals surface area contributed by atoms with Gasteiger partial charge in [-0.3, -0.25) is 4.98 Å². The highest BCUT2D eigenvalue weighted by Gasteiger charge is 2.32. The van der Waals surface area contributed by atoms with Gasteiger partial charge in [-0.15, -0.1) is 0 Å². The van der Waals surface area contributed by atoms with Crippen molar-refractivity contribution in [1.29, 1.82) is 0 Å². The molecule has 1 nitrogen and oxygen atoms in total. The lowest BCUT2D eigenvalue weighted by Crippen LogP contribution is -2.06. The third-order valence-corrected chi connectivity index (χ3v) is 2.54. The third-order valence-electron chi connectivity index (χ3n) is 2.54. The highest BCUT2D eigenvalue weighted by Crippen LogP contribution is 2.35. The summed E-state index contributed by atoms with van der Waals surface area (Å²) >= 11 is 0. The molecule has 0 saturated heterocycles. The number of hydrogen-bond donors (Lipinski definition) is 0. The van der Waals surface area contributed by atoms with Crippen molar-refractivity contribution in [3.8, 4) is 0 Å². The first-order chi connectivity index (χ1) is 7.54. The van der Waals surface area contributed by atoms with Gasteiger partial charge in [0.1, 0.15) is 0 Å². The number of alkyl halides is 3. The van der Waals surface area contributed by atoms with Crippen molar-refractivity contribution in [2.45, 2.75) is 19.5 Å². The Balaban J connectivity index is 2.80. The minimum atomic E-state index is -4.33. The van der Waals surface area contributed by atoms with E-state index in [1.54, 1.807) is 0 Å². The van der Waals surface area contributed by atoms with Gasteiger partial charge in [0.15, 0.2) is 0 Å². The second-order valence-corrected chi connectivity index (χ2v) is 3.52. The van der Waals surface area contributed by atoms with Crippen LogP contribution in [0.25, 0.3) is 10.9 Å². The quantitative estimate of drug-likeness (QED) is 0.719. The van der Waals surface area contributed by atoms with Gasteiger partial charge in [-0.05, 0) is 24.1 Å². The van der Waals surface area contributed by atoms with Gasteiger partial charge in [-0.1, -0.05) is 19.1 Å². The minimum Gasteiger partial charge on any atom is -0.256 e. The van der Waals surface area contributed by atoms with Gasteiger partial charge >= 0.3 is 6.18 Å². The van der Waals surface area contributed by atoms with E-state index in [4.69, 9.17) is 0 Å². The first kappa shape index (κ1) is 10.9. The summed E-state index contributed by atoms with van der Waals surface area (Å²) in [5.41, 5.74) is 0.663. The van der Waals surface area contributed by atoms with Crippen molar-refractivity contribution < 1.29 is 13.2 Å². The standard InChI is InChI=1S/C12H10F3N/c1-2-8-5-6-10(12(13,14)15)9-4-3-7-16-11(8)9/h3-7H,2H2,1H3. The van der Waals surface area contributed by atoms with E-state index in [0.717, 1.165) is 11.6 Å². The molecule has 1 aromatic heterocycles. The number of fused-ring (bicyclic) bond motifs is 1. The molecule has 1 aromatic carbocycles. The maximum atomic E-state index is 12.7. The number of hydrogen-bond acceptors (Lipinski definition) is 1. The molecule has 0 aliphatic heterocycles. The molecule has 0 aliphatic carbocycles. The molecule has 0 N–H and O–H groups in total. The zero-order chi connectivity index (χ0) is 11.8. The molecular weight excluding hydrogens is 215 g/mol. The Morgan fingerprint density at radius 3 is 2.56 bits per heavy atom. The number of nitrogens with zero attached hydrogens (tertiary/aromatic N) is 1. The molecule has 0 aliphatic rings. The molecule has 0 saturated carbocycles.